The van der Waals surface area contributed by atoms with E-state index in [1.807, 2.05) is 0 Å². The lowest BCUT2D eigenvalue weighted by Gasteiger charge is -2.36. The van der Waals surface area contributed by atoms with Gasteiger partial charge in [-0.05, 0) is 31.5 Å². The normalized spacial score (nSPS) is 24.5. The fourth-order valence-electron chi connectivity index (χ4n) is 1.80. The lowest BCUT2D eigenvalue weighted by atomic mass is 10.1. The molecular weight excluding hydrogens is 204 g/mol. The van der Waals surface area contributed by atoms with Crippen LogP contribution in [0.3, 0.4) is 0 Å². The molecule has 1 heterocycles. The first-order valence-electron chi connectivity index (χ1n) is 5.03. The van der Waals surface area contributed by atoms with Gasteiger partial charge in [-0.25, -0.2) is 0 Å². The molecule has 0 aromatic heterocycles. The molecule has 78 valence electrons. The maximum atomic E-state index is 9.08. The van der Waals surface area contributed by atoms with Crippen molar-refractivity contribution in [3.63, 3.8) is 0 Å². The van der Waals surface area contributed by atoms with Crippen LogP contribution in [0.2, 0.25) is 0 Å². The Kier molecular flexibility index (Phi) is 2.62. The summed E-state index contributed by atoms with van der Waals surface area (Å²) in [7, 11) is 2.06. The summed E-state index contributed by atoms with van der Waals surface area (Å²) < 4.78 is 0. The molecule has 0 saturated heterocycles. The highest BCUT2D eigenvalue weighted by Crippen LogP contribution is 2.40. The Morgan fingerprint density at radius 1 is 1.47 bits per heavy atom. The minimum atomic E-state index is 0.0318. The molecule has 1 aliphatic rings. The van der Waals surface area contributed by atoms with E-state index in [9.17, 15) is 0 Å². The number of nitrogens with zero attached hydrogens (tertiary/aromatic N) is 2. The second-order valence-corrected chi connectivity index (χ2v) is 5.17. The summed E-state index contributed by atoms with van der Waals surface area (Å²) >= 11 is 1.68. The third-order valence-electron chi connectivity index (χ3n) is 2.93. The minimum absolute atomic E-state index is 0.0318. The standard InChI is InChI=1S/C12H14N2S/c1-8-4-5-10-11(6-8)15-12(7-13)9(2)14(10)3/h4-6,9,12H,1-3H3. The SMILES string of the molecule is Cc1ccc2c(c1)SC(C#N)C(C)N2C. The first-order chi connectivity index (χ1) is 7.13. The lowest BCUT2D eigenvalue weighted by molar-refractivity contribution is 0.697. The van der Waals surface area contributed by atoms with Crippen molar-refractivity contribution in [1.82, 2.24) is 0 Å². The zero-order chi connectivity index (χ0) is 11.0. The number of aryl methyl sites for hydroxylation is 1. The molecule has 1 aromatic carbocycles. The Morgan fingerprint density at radius 3 is 2.87 bits per heavy atom. The van der Waals surface area contributed by atoms with Crippen LogP contribution in [0.1, 0.15) is 12.5 Å². The average Bonchev–Trinajstić information content (AvgIpc) is 2.23. The number of anilines is 1. The third kappa shape index (κ3) is 1.70. The van der Waals surface area contributed by atoms with E-state index < -0.39 is 0 Å². The van der Waals surface area contributed by atoms with Crippen molar-refractivity contribution in [2.75, 3.05) is 11.9 Å². The number of rotatable bonds is 0. The highest BCUT2D eigenvalue weighted by molar-refractivity contribution is 8.00. The van der Waals surface area contributed by atoms with Crippen molar-refractivity contribution in [2.45, 2.75) is 30.0 Å². The number of benzene rings is 1. The van der Waals surface area contributed by atoms with Crippen LogP contribution in [-0.4, -0.2) is 18.3 Å². The lowest BCUT2D eigenvalue weighted by Crippen LogP contribution is -2.39. The van der Waals surface area contributed by atoms with Gasteiger partial charge in [0.05, 0.1) is 17.8 Å². The van der Waals surface area contributed by atoms with Crippen molar-refractivity contribution in [3.05, 3.63) is 23.8 Å². The zero-order valence-corrected chi connectivity index (χ0v) is 10.0. The Morgan fingerprint density at radius 2 is 2.20 bits per heavy atom. The highest BCUT2D eigenvalue weighted by atomic mass is 32.2. The number of hydrogen-bond donors (Lipinski definition) is 0. The molecule has 3 heteroatoms. The topological polar surface area (TPSA) is 27.0 Å². The van der Waals surface area contributed by atoms with Crippen molar-refractivity contribution in [1.29, 1.82) is 5.26 Å². The quantitative estimate of drug-likeness (QED) is 0.670. The van der Waals surface area contributed by atoms with Crippen LogP contribution in [0.4, 0.5) is 5.69 Å². The van der Waals surface area contributed by atoms with E-state index in [-0.39, 0.29) is 11.3 Å². The van der Waals surface area contributed by atoms with Crippen LogP contribution in [-0.2, 0) is 0 Å². The Balaban J connectivity index is 2.46. The van der Waals surface area contributed by atoms with Crippen molar-refractivity contribution < 1.29 is 0 Å². The fraction of sp³-hybridized carbons (Fsp3) is 0.417. The van der Waals surface area contributed by atoms with Crippen LogP contribution in [0.5, 0.6) is 0 Å². The number of fused-ring (bicyclic) bond motifs is 1. The van der Waals surface area contributed by atoms with Gasteiger partial charge in [-0.1, -0.05) is 6.07 Å². The van der Waals surface area contributed by atoms with Gasteiger partial charge in [0.15, 0.2) is 0 Å². The molecule has 0 saturated carbocycles. The van der Waals surface area contributed by atoms with E-state index in [4.69, 9.17) is 5.26 Å². The molecule has 2 unspecified atom stereocenters. The molecule has 0 spiro atoms. The molecule has 2 rings (SSSR count). The summed E-state index contributed by atoms with van der Waals surface area (Å²) in [5.74, 6) is 0. The van der Waals surface area contributed by atoms with Gasteiger partial charge in [0.25, 0.3) is 0 Å². The summed E-state index contributed by atoms with van der Waals surface area (Å²) in [6, 6.07) is 9.06. The highest BCUT2D eigenvalue weighted by Gasteiger charge is 2.29. The molecule has 2 nitrogen and oxygen atoms in total. The van der Waals surface area contributed by atoms with Gasteiger partial charge in [-0.15, -0.1) is 11.8 Å². The van der Waals surface area contributed by atoms with Crippen LogP contribution < -0.4 is 4.90 Å². The Hall–Kier alpha value is -1.14. The molecule has 0 amide bonds. The van der Waals surface area contributed by atoms with Crippen LogP contribution in [0.15, 0.2) is 23.1 Å². The maximum absolute atomic E-state index is 9.08. The van der Waals surface area contributed by atoms with Crippen molar-refractivity contribution >= 4 is 17.4 Å². The Labute approximate surface area is 94.9 Å². The van der Waals surface area contributed by atoms with Gasteiger partial charge < -0.3 is 4.90 Å². The molecule has 0 N–H and O–H groups in total. The number of nitriles is 1. The van der Waals surface area contributed by atoms with Gasteiger partial charge in [0.2, 0.25) is 0 Å². The molecule has 1 aromatic rings. The molecular formula is C12H14N2S. The van der Waals surface area contributed by atoms with E-state index in [2.05, 4.69) is 50.1 Å². The van der Waals surface area contributed by atoms with E-state index in [1.165, 1.54) is 16.1 Å². The molecule has 2 atom stereocenters. The van der Waals surface area contributed by atoms with Gasteiger partial charge >= 0.3 is 0 Å². The molecule has 0 fully saturated rings. The minimum Gasteiger partial charge on any atom is -0.369 e. The average molecular weight is 218 g/mol. The monoisotopic (exact) mass is 218 g/mol. The van der Waals surface area contributed by atoms with E-state index in [0.29, 0.717) is 0 Å². The van der Waals surface area contributed by atoms with E-state index in [0.717, 1.165) is 0 Å². The maximum Gasteiger partial charge on any atom is 0.116 e. The third-order valence-corrected chi connectivity index (χ3v) is 4.26. The molecule has 0 aliphatic carbocycles. The summed E-state index contributed by atoms with van der Waals surface area (Å²) in [5.41, 5.74) is 2.49. The predicted octanol–water partition coefficient (Wildman–Crippen LogP) is 2.82. The summed E-state index contributed by atoms with van der Waals surface area (Å²) in [5, 5.41) is 9.11. The second kappa shape index (κ2) is 3.79. The first-order valence-corrected chi connectivity index (χ1v) is 5.91. The summed E-state index contributed by atoms with van der Waals surface area (Å²) in [6.45, 7) is 4.18. The zero-order valence-electron chi connectivity index (χ0n) is 9.19. The molecule has 0 radical (unpaired) electrons. The molecule has 0 bridgehead atoms. The molecule has 1 aliphatic heterocycles. The van der Waals surface area contributed by atoms with Gasteiger partial charge in [0.1, 0.15) is 5.25 Å². The largest absolute Gasteiger partial charge is 0.369 e. The summed E-state index contributed by atoms with van der Waals surface area (Å²) in [4.78, 5) is 3.42. The number of hydrogen-bond acceptors (Lipinski definition) is 3. The number of thioether (sulfide) groups is 1. The van der Waals surface area contributed by atoms with Gasteiger partial charge in [-0.3, -0.25) is 0 Å². The van der Waals surface area contributed by atoms with Crippen LogP contribution >= 0.6 is 11.8 Å². The Bertz CT molecular complexity index is 422. The van der Waals surface area contributed by atoms with E-state index >= 15 is 0 Å². The fourth-order valence-corrected chi connectivity index (χ4v) is 3.09. The predicted molar refractivity (Wildman–Crippen MR) is 64.3 cm³/mol. The van der Waals surface area contributed by atoms with Crippen molar-refractivity contribution in [3.8, 4) is 6.07 Å². The van der Waals surface area contributed by atoms with Crippen LogP contribution in [0.25, 0.3) is 0 Å². The van der Waals surface area contributed by atoms with Crippen LogP contribution in [0, 0.1) is 18.3 Å². The summed E-state index contributed by atoms with van der Waals surface area (Å²) in [6.07, 6.45) is 0. The van der Waals surface area contributed by atoms with Crippen molar-refractivity contribution in [2.24, 2.45) is 0 Å². The smallest absolute Gasteiger partial charge is 0.116 e. The first kappa shape index (κ1) is 10.4. The van der Waals surface area contributed by atoms with E-state index in [1.54, 1.807) is 11.8 Å². The van der Waals surface area contributed by atoms with Gasteiger partial charge in [0, 0.05) is 11.9 Å². The molecule has 15 heavy (non-hydrogen) atoms. The second-order valence-electron chi connectivity index (χ2n) is 3.99. The van der Waals surface area contributed by atoms with Gasteiger partial charge in [-0.2, -0.15) is 5.26 Å².